The summed E-state index contributed by atoms with van der Waals surface area (Å²) >= 11 is 0. The number of hydrogen-bond donors (Lipinski definition) is 0. The first-order valence-electron chi connectivity index (χ1n) is 30.2. The molecule has 9 rings (SSSR count). The van der Waals surface area contributed by atoms with E-state index in [-0.39, 0.29) is 83.2 Å². The van der Waals surface area contributed by atoms with Gasteiger partial charge in [0, 0.05) is 37.0 Å². The van der Waals surface area contributed by atoms with E-state index < -0.39 is 55.7 Å². The van der Waals surface area contributed by atoms with Gasteiger partial charge in [0.25, 0.3) is 27.6 Å². The molecule has 23 nitrogen and oxygen atoms in total. The van der Waals surface area contributed by atoms with Crippen LogP contribution in [-0.2, 0) is 33.5 Å². The predicted octanol–water partition coefficient (Wildman–Crippen LogP) is 13.1. The molecule has 0 bridgehead atoms. The summed E-state index contributed by atoms with van der Waals surface area (Å²) in [6.07, 6.45) is 0.162. The highest BCUT2D eigenvalue weighted by Gasteiger charge is 2.31. The number of carbonyl (C=O) groups excluding carboxylic acids is 3. The van der Waals surface area contributed by atoms with Gasteiger partial charge in [-0.2, -0.15) is 17.9 Å². The zero-order chi connectivity index (χ0) is 71.4. The van der Waals surface area contributed by atoms with Crippen molar-refractivity contribution in [2.75, 3.05) is 0 Å². The third-order valence-corrected chi connectivity index (χ3v) is 13.0. The van der Waals surface area contributed by atoms with Crippen LogP contribution < -0.4 is 29.4 Å². The van der Waals surface area contributed by atoms with Crippen molar-refractivity contribution in [3.05, 3.63) is 182 Å². The van der Waals surface area contributed by atoms with Gasteiger partial charge in [0.1, 0.15) is 40.3 Å². The van der Waals surface area contributed by atoms with Crippen molar-refractivity contribution in [2.24, 2.45) is 5.92 Å². The van der Waals surface area contributed by atoms with Gasteiger partial charge < -0.3 is 23.9 Å². The lowest BCUT2D eigenvalue weighted by Gasteiger charge is -2.15. The van der Waals surface area contributed by atoms with Crippen molar-refractivity contribution in [2.45, 2.75) is 178 Å². The molecule has 2 amide bonds. The lowest BCUT2D eigenvalue weighted by atomic mass is 10.1. The summed E-state index contributed by atoms with van der Waals surface area (Å²) in [7, 11) is -3.58. The molecule has 6 aromatic carbocycles. The normalized spacial score (nSPS) is 11.8. The monoisotopic (exact) mass is 1350 g/mol. The van der Waals surface area contributed by atoms with Crippen molar-refractivity contribution in [1.82, 2.24) is 35.4 Å². The summed E-state index contributed by atoms with van der Waals surface area (Å²) in [6, 6.07) is 34.9. The highest BCUT2D eigenvalue weighted by molar-refractivity contribution is 7.86. The van der Waals surface area contributed by atoms with Gasteiger partial charge >= 0.3 is 11.5 Å². The van der Waals surface area contributed by atoms with E-state index in [0.29, 0.717) is 23.1 Å². The van der Waals surface area contributed by atoms with Gasteiger partial charge in [-0.25, -0.2) is 13.2 Å². The number of halogens is 4. The average Bonchev–Trinajstić information content (AvgIpc) is 1.63. The van der Waals surface area contributed by atoms with E-state index in [4.69, 9.17) is 32.9 Å². The molecule has 1 aliphatic rings. The molecular formula is C67H84F4N8O15S. The molecule has 3 heterocycles. The number of imide groups is 1. The van der Waals surface area contributed by atoms with Gasteiger partial charge in [0.05, 0.1) is 39.6 Å². The van der Waals surface area contributed by atoms with E-state index >= 15 is 0 Å². The second-order valence-corrected chi connectivity index (χ2v) is 24.4. The number of hydrogen-bond acceptors (Lipinski definition) is 19. The van der Waals surface area contributed by atoms with Crippen LogP contribution in [0.25, 0.3) is 21.9 Å². The minimum atomic E-state index is -3.58. The fourth-order valence-electron chi connectivity index (χ4n) is 7.36. The minimum Gasteiger partial charge on any atom is -0.491 e. The largest absolute Gasteiger partial charge is 0.491 e. The van der Waals surface area contributed by atoms with Crippen LogP contribution in [0.2, 0.25) is 0 Å². The number of esters is 1. The quantitative estimate of drug-likeness (QED) is 0.00942. The van der Waals surface area contributed by atoms with Crippen LogP contribution in [0.5, 0.6) is 17.2 Å². The second-order valence-electron chi connectivity index (χ2n) is 22.9. The van der Waals surface area contributed by atoms with Crippen molar-refractivity contribution in [1.29, 1.82) is 0 Å². The summed E-state index contributed by atoms with van der Waals surface area (Å²) < 4.78 is 95.2. The Hall–Kier alpha value is -9.41. The van der Waals surface area contributed by atoms with Crippen LogP contribution in [-0.4, -0.2) is 103 Å². The van der Waals surface area contributed by atoms with Gasteiger partial charge in [0.2, 0.25) is 5.82 Å². The summed E-state index contributed by atoms with van der Waals surface area (Å²) in [5.41, 5.74) is 3.71. The standard InChI is InChI=1S/C11H13NO4.C10H10F4O.C10H11N3O2.C10H14O3S.C10H14O.C9H11N3O.C7H11NO3/c1-8(2)7-11(13)16-10-5-3-9(4-6-10)12(14)15;1-4(2)15-10-7(12)5(3)6(11)8(13)9(10)14;1-7(2)15-13-10(14)8-5-3-4-6-9(8)11-12-13;1-8(2)13-14(11,12)10-6-4-9(3)5-7-10;1-8(2)11-10-6-4-9(3)5-7-10;1-7(2)13-12-9-6-4-3-5-8(9)10-11-12;1-5(2)11-8-6(9)3-4-7(8)10/h3-6,8H,7H2,1-2H3;4H,1-3H3;3-7H,1-2H3;4-8H,1-3H3;4-8H,1-3H3;3-7H,1-2H3;5H,3-4H2,1-2H3. The Bertz CT molecular complexity index is 3880. The number of benzene rings is 6. The maximum absolute atomic E-state index is 13.3. The molecule has 1 aliphatic heterocycles. The van der Waals surface area contributed by atoms with Crippen LogP contribution >= 0.6 is 0 Å². The molecule has 1 fully saturated rings. The SMILES string of the molecule is CC(C)CC(=O)Oc1ccc([N+](=O)[O-])cc1.CC(C)ON1C(=O)CCC1=O.CC(C)On1nnc2ccccc21.CC(C)On1nnc2ccccc2c1=O.Cc1c(F)c(F)c(F)c(OC(C)C)c1F.Cc1ccc(OC(C)C)cc1.Cc1ccc(S(=O)(=O)OC(C)C)cc1. The first-order valence-corrected chi connectivity index (χ1v) is 31.6. The minimum absolute atomic E-state index is 0.0244. The van der Waals surface area contributed by atoms with E-state index in [2.05, 4.69) is 39.7 Å². The van der Waals surface area contributed by atoms with Crippen LogP contribution in [0, 0.1) is 60.1 Å². The van der Waals surface area contributed by atoms with E-state index in [1.807, 2.05) is 105 Å². The lowest BCUT2D eigenvalue weighted by Crippen LogP contribution is -2.33. The Morgan fingerprint density at radius 2 is 1.02 bits per heavy atom. The number of fused-ring (bicyclic) bond motifs is 2. The summed E-state index contributed by atoms with van der Waals surface area (Å²) in [6.45, 7) is 30.4. The fraction of sp³-hybridized carbons (Fsp3) is 0.403. The zero-order valence-electron chi connectivity index (χ0n) is 56.3. The zero-order valence-corrected chi connectivity index (χ0v) is 57.1. The van der Waals surface area contributed by atoms with E-state index in [1.165, 1.54) is 48.5 Å². The van der Waals surface area contributed by atoms with Crippen LogP contribution in [0.3, 0.4) is 0 Å². The van der Waals surface area contributed by atoms with Crippen molar-refractivity contribution < 1.29 is 78.2 Å². The molecule has 0 N–H and O–H groups in total. The first-order chi connectivity index (χ1) is 44.5. The highest BCUT2D eigenvalue weighted by Crippen LogP contribution is 2.30. The van der Waals surface area contributed by atoms with Gasteiger partial charge in [-0.15, -0.1) is 10.2 Å². The molecule has 0 atom stereocenters. The average molecular weight is 1350 g/mol. The molecule has 0 aliphatic carbocycles. The van der Waals surface area contributed by atoms with E-state index in [0.717, 1.165) is 39.2 Å². The molecule has 28 heteroatoms. The molecule has 0 radical (unpaired) electrons. The Labute approximate surface area is 550 Å². The number of hydroxylamine groups is 2. The topological polar surface area (TPSA) is 275 Å². The maximum atomic E-state index is 13.3. The van der Waals surface area contributed by atoms with Crippen molar-refractivity contribution in [3.63, 3.8) is 0 Å². The number of carbonyl (C=O) groups is 3. The smallest absolute Gasteiger partial charge is 0.314 e. The van der Waals surface area contributed by atoms with Gasteiger partial charge in [-0.05, 0) is 186 Å². The van der Waals surface area contributed by atoms with Crippen LogP contribution in [0.4, 0.5) is 23.2 Å². The van der Waals surface area contributed by atoms with Gasteiger partial charge in [-0.1, -0.05) is 78.4 Å². The first kappa shape index (κ1) is 79.8. The molecule has 1 saturated heterocycles. The Morgan fingerprint density at radius 3 is 1.53 bits per heavy atom. The number of aromatic nitrogens is 6. The number of nitrogens with zero attached hydrogens (tertiary/aromatic N) is 8. The van der Waals surface area contributed by atoms with Gasteiger partial charge in [0.15, 0.2) is 23.2 Å². The van der Waals surface area contributed by atoms with Crippen LogP contribution in [0.15, 0.2) is 131 Å². The number of nitro groups is 1. The number of rotatable bonds is 17. The molecule has 516 valence electrons. The molecule has 0 spiro atoms. The summed E-state index contributed by atoms with van der Waals surface area (Å²) in [5, 5.41) is 27.2. The Morgan fingerprint density at radius 1 is 0.547 bits per heavy atom. The summed E-state index contributed by atoms with van der Waals surface area (Å²) in [4.78, 5) is 72.9. The third-order valence-electron chi connectivity index (χ3n) is 11.5. The predicted molar refractivity (Wildman–Crippen MR) is 349 cm³/mol. The van der Waals surface area contributed by atoms with E-state index in [9.17, 15) is 55.3 Å². The lowest BCUT2D eigenvalue weighted by molar-refractivity contribution is -0.384. The van der Waals surface area contributed by atoms with Crippen LogP contribution in [0.1, 0.15) is 133 Å². The van der Waals surface area contributed by atoms with Gasteiger partial charge in [-0.3, -0.25) is 38.3 Å². The number of aryl methyl sites for hydroxylation is 2. The number of para-hydroxylation sites is 1. The number of amides is 2. The fourth-order valence-corrected chi connectivity index (χ4v) is 8.45. The number of nitro benzene ring substituents is 1. The summed E-state index contributed by atoms with van der Waals surface area (Å²) in [5.74, 6) is -6.25. The Balaban J connectivity index is 0.000000290. The number of ether oxygens (including phenoxy) is 3. The van der Waals surface area contributed by atoms with Crippen molar-refractivity contribution >= 4 is 55.5 Å². The third kappa shape index (κ3) is 27.6. The molecule has 0 unspecified atom stereocenters. The molecule has 0 saturated carbocycles. The highest BCUT2D eigenvalue weighted by atomic mass is 32.2. The second kappa shape index (κ2) is 38.7. The molecule has 95 heavy (non-hydrogen) atoms. The number of non-ortho nitro benzene ring substituents is 1. The van der Waals surface area contributed by atoms with Crippen molar-refractivity contribution in [3.8, 4) is 17.2 Å². The van der Waals surface area contributed by atoms with E-state index in [1.54, 1.807) is 70.2 Å². The maximum Gasteiger partial charge on any atom is 0.314 e. The molecular weight excluding hydrogens is 1260 g/mol. The molecule has 2 aromatic heterocycles. The Kier molecular flexibility index (Phi) is 32.5. The molecule has 8 aromatic rings.